The van der Waals surface area contributed by atoms with E-state index in [1.54, 1.807) is 12.3 Å². The van der Waals surface area contributed by atoms with E-state index < -0.39 is 0 Å². The molecule has 0 fully saturated rings. The van der Waals surface area contributed by atoms with E-state index in [-0.39, 0.29) is 5.91 Å². The number of aryl methyl sites for hydroxylation is 2. The molecule has 5 heteroatoms. The van der Waals surface area contributed by atoms with Gasteiger partial charge >= 0.3 is 0 Å². The summed E-state index contributed by atoms with van der Waals surface area (Å²) in [5.41, 5.74) is 9.50. The number of anilines is 2. The van der Waals surface area contributed by atoms with Gasteiger partial charge in [0.25, 0.3) is 5.91 Å². The van der Waals surface area contributed by atoms with Crippen LogP contribution >= 0.6 is 0 Å². The predicted molar refractivity (Wildman–Crippen MR) is 79.1 cm³/mol. The number of nitrogen functional groups attached to an aromatic ring is 1. The molecule has 0 saturated heterocycles. The number of rotatable bonds is 3. The summed E-state index contributed by atoms with van der Waals surface area (Å²) < 4.78 is 5.14. The summed E-state index contributed by atoms with van der Waals surface area (Å²) in [4.78, 5) is 16.3. The third kappa shape index (κ3) is 2.71. The highest BCUT2D eigenvalue weighted by Gasteiger charge is 2.14. The van der Waals surface area contributed by atoms with Crippen molar-refractivity contribution >= 4 is 17.3 Å². The normalized spacial score (nSPS) is 10.2. The van der Waals surface area contributed by atoms with E-state index in [4.69, 9.17) is 10.5 Å². The Morgan fingerprint density at radius 1 is 1.30 bits per heavy atom. The molecular weight excluding hydrogens is 254 g/mol. The van der Waals surface area contributed by atoms with Gasteiger partial charge in [0.2, 0.25) is 0 Å². The average Bonchev–Trinajstić information content (AvgIpc) is 2.42. The summed E-state index contributed by atoms with van der Waals surface area (Å²) in [6.07, 6.45) is 3.07. The minimum absolute atomic E-state index is 0.236. The van der Waals surface area contributed by atoms with Crippen LogP contribution in [0.5, 0.6) is 5.75 Å². The van der Waals surface area contributed by atoms with Gasteiger partial charge in [0.05, 0.1) is 18.9 Å². The first-order valence-electron chi connectivity index (χ1n) is 6.19. The fourth-order valence-corrected chi connectivity index (χ4v) is 2.11. The second-order valence-corrected chi connectivity index (χ2v) is 4.56. The SMILES string of the molecule is COc1cnccc1C(=O)Nc1c(C)cc(N)cc1C. The number of nitrogens with two attached hydrogens (primary N) is 1. The third-order valence-corrected chi connectivity index (χ3v) is 3.04. The van der Waals surface area contributed by atoms with Crippen molar-refractivity contribution in [3.8, 4) is 5.75 Å². The summed E-state index contributed by atoms with van der Waals surface area (Å²) in [6.45, 7) is 3.81. The highest BCUT2D eigenvalue weighted by molar-refractivity contribution is 6.06. The Morgan fingerprint density at radius 3 is 2.55 bits per heavy atom. The molecular formula is C15H17N3O2. The van der Waals surface area contributed by atoms with Crippen LogP contribution in [0.4, 0.5) is 11.4 Å². The first-order valence-corrected chi connectivity index (χ1v) is 6.19. The first-order chi connectivity index (χ1) is 9.52. The van der Waals surface area contributed by atoms with Gasteiger partial charge in [0, 0.05) is 17.6 Å². The number of nitrogens with zero attached hydrogens (tertiary/aromatic N) is 1. The van der Waals surface area contributed by atoms with Crippen molar-refractivity contribution in [1.82, 2.24) is 4.98 Å². The molecule has 3 N–H and O–H groups in total. The molecule has 0 bridgehead atoms. The lowest BCUT2D eigenvalue weighted by molar-refractivity contribution is 0.102. The van der Waals surface area contributed by atoms with Gasteiger partial charge in [-0.2, -0.15) is 0 Å². The van der Waals surface area contributed by atoms with Crippen molar-refractivity contribution in [2.45, 2.75) is 13.8 Å². The predicted octanol–water partition coefficient (Wildman–Crippen LogP) is 2.54. The number of amides is 1. The zero-order valence-electron chi connectivity index (χ0n) is 11.7. The van der Waals surface area contributed by atoms with Crippen LogP contribution in [0.3, 0.4) is 0 Å². The maximum absolute atomic E-state index is 12.3. The van der Waals surface area contributed by atoms with Crippen LogP contribution in [-0.2, 0) is 0 Å². The van der Waals surface area contributed by atoms with Gasteiger partial charge in [-0.25, -0.2) is 0 Å². The Hall–Kier alpha value is -2.56. The zero-order chi connectivity index (χ0) is 14.7. The molecule has 0 aliphatic rings. The van der Waals surface area contributed by atoms with Crippen LogP contribution in [0.25, 0.3) is 0 Å². The number of carbonyl (C=O) groups excluding carboxylic acids is 1. The number of nitrogens with one attached hydrogen (secondary N) is 1. The number of methoxy groups -OCH3 is 1. The number of hydrogen-bond acceptors (Lipinski definition) is 4. The molecule has 2 aromatic rings. The molecule has 0 saturated carbocycles. The molecule has 0 atom stereocenters. The molecule has 0 unspecified atom stereocenters. The molecule has 2 rings (SSSR count). The summed E-state index contributed by atoms with van der Waals surface area (Å²) in [5, 5.41) is 2.89. The molecule has 20 heavy (non-hydrogen) atoms. The van der Waals surface area contributed by atoms with Gasteiger partial charge in [0.1, 0.15) is 5.75 Å². The van der Waals surface area contributed by atoms with Gasteiger partial charge < -0.3 is 15.8 Å². The van der Waals surface area contributed by atoms with Gasteiger partial charge in [-0.1, -0.05) is 0 Å². The lowest BCUT2D eigenvalue weighted by Crippen LogP contribution is -2.15. The van der Waals surface area contributed by atoms with E-state index in [1.165, 1.54) is 13.3 Å². The molecule has 1 heterocycles. The van der Waals surface area contributed by atoms with Crippen LogP contribution in [0.2, 0.25) is 0 Å². The Labute approximate surface area is 117 Å². The Morgan fingerprint density at radius 2 is 1.95 bits per heavy atom. The molecule has 5 nitrogen and oxygen atoms in total. The number of benzene rings is 1. The number of hydrogen-bond donors (Lipinski definition) is 2. The monoisotopic (exact) mass is 271 g/mol. The second kappa shape index (κ2) is 5.61. The summed E-state index contributed by atoms with van der Waals surface area (Å²) in [5.74, 6) is 0.205. The molecule has 0 aliphatic carbocycles. The summed E-state index contributed by atoms with van der Waals surface area (Å²) in [7, 11) is 1.51. The fourth-order valence-electron chi connectivity index (χ4n) is 2.11. The van der Waals surface area contributed by atoms with Gasteiger partial charge in [-0.15, -0.1) is 0 Å². The number of aromatic nitrogens is 1. The first kappa shape index (κ1) is 13.9. The van der Waals surface area contributed by atoms with Crippen molar-refractivity contribution in [2.24, 2.45) is 0 Å². The Bertz CT molecular complexity index is 630. The maximum Gasteiger partial charge on any atom is 0.259 e. The van der Waals surface area contributed by atoms with E-state index >= 15 is 0 Å². The lowest BCUT2D eigenvalue weighted by Gasteiger charge is -2.13. The number of carbonyl (C=O) groups is 1. The van der Waals surface area contributed by atoms with Gasteiger partial charge in [0.15, 0.2) is 0 Å². The number of ether oxygens (including phenoxy) is 1. The highest BCUT2D eigenvalue weighted by atomic mass is 16.5. The van der Waals surface area contributed by atoms with Crippen molar-refractivity contribution in [3.63, 3.8) is 0 Å². The van der Waals surface area contributed by atoms with Crippen LogP contribution in [0, 0.1) is 13.8 Å². The minimum atomic E-state index is -0.236. The third-order valence-electron chi connectivity index (χ3n) is 3.04. The zero-order valence-corrected chi connectivity index (χ0v) is 11.7. The van der Waals surface area contributed by atoms with Crippen molar-refractivity contribution < 1.29 is 9.53 Å². The van der Waals surface area contributed by atoms with E-state index in [9.17, 15) is 4.79 Å². The molecule has 1 aromatic heterocycles. The van der Waals surface area contributed by atoms with Gasteiger partial charge in [-0.3, -0.25) is 9.78 Å². The fraction of sp³-hybridized carbons (Fsp3) is 0.200. The highest BCUT2D eigenvalue weighted by Crippen LogP contribution is 2.25. The van der Waals surface area contributed by atoms with E-state index in [0.29, 0.717) is 17.0 Å². The van der Waals surface area contributed by atoms with E-state index in [2.05, 4.69) is 10.3 Å². The van der Waals surface area contributed by atoms with Crippen LogP contribution < -0.4 is 15.8 Å². The molecule has 0 spiro atoms. The molecule has 0 radical (unpaired) electrons. The Kier molecular flexibility index (Phi) is 3.89. The molecule has 1 aromatic carbocycles. The molecule has 104 valence electrons. The number of pyridine rings is 1. The largest absolute Gasteiger partial charge is 0.494 e. The smallest absolute Gasteiger partial charge is 0.259 e. The van der Waals surface area contributed by atoms with Crippen LogP contribution in [-0.4, -0.2) is 18.0 Å². The lowest BCUT2D eigenvalue weighted by atomic mass is 10.1. The molecule has 1 amide bonds. The Balaban J connectivity index is 2.33. The second-order valence-electron chi connectivity index (χ2n) is 4.56. The van der Waals surface area contributed by atoms with Crippen LogP contribution in [0.1, 0.15) is 21.5 Å². The van der Waals surface area contributed by atoms with E-state index in [1.807, 2.05) is 26.0 Å². The quantitative estimate of drug-likeness (QED) is 0.841. The van der Waals surface area contributed by atoms with Crippen molar-refractivity contribution in [3.05, 3.63) is 47.3 Å². The van der Waals surface area contributed by atoms with Crippen molar-refractivity contribution in [1.29, 1.82) is 0 Å². The van der Waals surface area contributed by atoms with Crippen molar-refractivity contribution in [2.75, 3.05) is 18.2 Å². The summed E-state index contributed by atoms with van der Waals surface area (Å²) >= 11 is 0. The minimum Gasteiger partial charge on any atom is -0.494 e. The molecule has 0 aliphatic heterocycles. The van der Waals surface area contributed by atoms with E-state index in [0.717, 1.165) is 16.8 Å². The average molecular weight is 271 g/mol. The standard InChI is InChI=1S/C15H17N3O2/c1-9-6-11(16)7-10(2)14(9)18-15(19)12-4-5-17-8-13(12)20-3/h4-8H,16H2,1-3H3,(H,18,19). The maximum atomic E-state index is 12.3. The summed E-state index contributed by atoms with van der Waals surface area (Å²) in [6, 6.07) is 5.27. The topological polar surface area (TPSA) is 77.2 Å². The van der Waals surface area contributed by atoms with Gasteiger partial charge in [-0.05, 0) is 43.2 Å². The van der Waals surface area contributed by atoms with Crippen LogP contribution in [0.15, 0.2) is 30.6 Å².